The highest BCUT2D eigenvalue weighted by Gasteiger charge is 2.45. The van der Waals surface area contributed by atoms with Crippen LogP contribution in [0.4, 0.5) is 8.78 Å². The van der Waals surface area contributed by atoms with Crippen molar-refractivity contribution in [1.82, 2.24) is 4.90 Å². The van der Waals surface area contributed by atoms with E-state index in [2.05, 4.69) is 0 Å². The van der Waals surface area contributed by atoms with Gasteiger partial charge in [-0.15, -0.1) is 0 Å². The highest BCUT2D eigenvalue weighted by Crippen LogP contribution is 2.37. The van der Waals surface area contributed by atoms with E-state index in [0.29, 0.717) is 25.6 Å². The molecule has 136 valence electrons. The number of carbonyl (C=O) groups excluding carboxylic acids is 1. The zero-order valence-electron chi connectivity index (χ0n) is 14.2. The molecule has 2 aliphatic heterocycles. The number of rotatable bonds is 4. The number of likely N-dealkylation sites (tertiary alicyclic amines) is 1. The summed E-state index contributed by atoms with van der Waals surface area (Å²) in [4.78, 5) is 14.4. The van der Waals surface area contributed by atoms with Gasteiger partial charge in [-0.3, -0.25) is 4.79 Å². The van der Waals surface area contributed by atoms with Crippen molar-refractivity contribution in [2.75, 3.05) is 26.3 Å². The van der Waals surface area contributed by atoms with Gasteiger partial charge < -0.3 is 14.4 Å². The number of ether oxygens (including phenoxy) is 2. The summed E-state index contributed by atoms with van der Waals surface area (Å²) in [5, 5.41) is 0. The first-order chi connectivity index (χ1) is 12.0. The first-order valence-electron chi connectivity index (χ1n) is 9.05. The van der Waals surface area contributed by atoms with Crippen LogP contribution < -0.4 is 0 Å². The fraction of sp³-hybridized carbons (Fsp3) is 0.632. The Morgan fingerprint density at radius 2 is 2.16 bits per heavy atom. The molecule has 2 atom stereocenters. The molecule has 4 nitrogen and oxygen atoms in total. The summed E-state index contributed by atoms with van der Waals surface area (Å²) in [6.45, 7) is 2.46. The van der Waals surface area contributed by atoms with Crippen molar-refractivity contribution < 1.29 is 23.0 Å². The van der Waals surface area contributed by atoms with Gasteiger partial charge in [0, 0.05) is 25.1 Å². The van der Waals surface area contributed by atoms with Crippen molar-refractivity contribution in [1.29, 1.82) is 0 Å². The zero-order valence-corrected chi connectivity index (χ0v) is 14.2. The van der Waals surface area contributed by atoms with E-state index in [-0.39, 0.29) is 23.2 Å². The Morgan fingerprint density at radius 1 is 1.32 bits per heavy atom. The Morgan fingerprint density at radius 3 is 2.92 bits per heavy atom. The molecule has 0 unspecified atom stereocenters. The molecule has 0 bridgehead atoms. The molecule has 3 aliphatic rings. The molecule has 2 heterocycles. The van der Waals surface area contributed by atoms with Crippen molar-refractivity contribution in [3.05, 3.63) is 35.4 Å². The lowest BCUT2D eigenvalue weighted by Gasteiger charge is -2.39. The molecule has 1 spiro atoms. The maximum atomic E-state index is 13.4. The molecule has 2 saturated heterocycles. The third-order valence-electron chi connectivity index (χ3n) is 5.43. The summed E-state index contributed by atoms with van der Waals surface area (Å²) in [5.74, 6) is -1.50. The van der Waals surface area contributed by atoms with E-state index in [1.807, 2.05) is 0 Å². The maximum absolute atomic E-state index is 13.4. The molecule has 1 aromatic rings. The quantitative estimate of drug-likeness (QED) is 0.836. The second kappa shape index (κ2) is 6.65. The van der Waals surface area contributed by atoms with E-state index in [1.165, 1.54) is 18.9 Å². The number of amides is 1. The van der Waals surface area contributed by atoms with Crippen LogP contribution in [-0.2, 0) is 9.47 Å². The van der Waals surface area contributed by atoms with Crippen LogP contribution in [0.15, 0.2) is 18.2 Å². The number of piperidine rings is 1. The van der Waals surface area contributed by atoms with Gasteiger partial charge in [-0.2, -0.15) is 0 Å². The zero-order chi connectivity index (χ0) is 17.4. The standard InChI is InChI=1S/C19H23F2NO3/c20-16-5-4-14(8-17(16)21)18(23)22-7-1-6-19(12-22)9-15(11-25-19)24-10-13-2-3-13/h4-5,8,13,15H,1-3,6-7,9-12H2/t15-,19-/m0/s1. The molecule has 1 aliphatic carbocycles. The lowest BCUT2D eigenvalue weighted by atomic mass is 9.89. The summed E-state index contributed by atoms with van der Waals surface area (Å²) in [6, 6.07) is 3.30. The van der Waals surface area contributed by atoms with E-state index in [1.54, 1.807) is 4.90 Å². The smallest absolute Gasteiger partial charge is 0.254 e. The molecule has 0 aromatic heterocycles. The normalized spacial score (nSPS) is 29.4. The molecular weight excluding hydrogens is 328 g/mol. The molecule has 3 fully saturated rings. The third kappa shape index (κ3) is 3.70. The van der Waals surface area contributed by atoms with Gasteiger partial charge in [0.05, 0.1) is 24.9 Å². The predicted molar refractivity (Wildman–Crippen MR) is 87.3 cm³/mol. The number of carbonyl (C=O) groups is 1. The Hall–Kier alpha value is -1.53. The van der Waals surface area contributed by atoms with Gasteiger partial charge in [0.1, 0.15) is 0 Å². The van der Waals surface area contributed by atoms with Crippen LogP contribution in [0, 0.1) is 17.6 Å². The Kier molecular flexibility index (Phi) is 4.50. The van der Waals surface area contributed by atoms with Crippen molar-refractivity contribution in [3.8, 4) is 0 Å². The Bertz CT molecular complexity index is 664. The van der Waals surface area contributed by atoms with Crippen molar-refractivity contribution in [3.63, 3.8) is 0 Å². The van der Waals surface area contributed by atoms with Gasteiger partial charge in [-0.05, 0) is 49.8 Å². The molecular formula is C19H23F2NO3. The van der Waals surface area contributed by atoms with E-state index in [0.717, 1.165) is 38.0 Å². The van der Waals surface area contributed by atoms with Crippen LogP contribution in [0.1, 0.15) is 42.5 Å². The van der Waals surface area contributed by atoms with Gasteiger partial charge in [-0.25, -0.2) is 8.78 Å². The summed E-state index contributed by atoms with van der Waals surface area (Å²) < 4.78 is 38.5. The van der Waals surface area contributed by atoms with Crippen molar-refractivity contribution >= 4 is 5.91 Å². The lowest BCUT2D eigenvalue weighted by molar-refractivity contribution is -0.0465. The number of halogens is 2. The highest BCUT2D eigenvalue weighted by atomic mass is 19.2. The minimum atomic E-state index is -0.997. The average Bonchev–Trinajstić information content (AvgIpc) is 3.37. The topological polar surface area (TPSA) is 38.8 Å². The molecule has 4 rings (SSSR count). The molecule has 6 heteroatoms. The minimum Gasteiger partial charge on any atom is -0.375 e. The number of nitrogens with zero attached hydrogens (tertiary/aromatic N) is 1. The van der Waals surface area contributed by atoms with Gasteiger partial charge in [0.2, 0.25) is 0 Å². The fourth-order valence-corrected chi connectivity index (χ4v) is 3.83. The molecule has 25 heavy (non-hydrogen) atoms. The average molecular weight is 351 g/mol. The van der Waals surface area contributed by atoms with Crippen molar-refractivity contribution in [2.24, 2.45) is 5.92 Å². The van der Waals surface area contributed by atoms with Gasteiger partial charge in [0.15, 0.2) is 11.6 Å². The number of hydrogen-bond acceptors (Lipinski definition) is 3. The predicted octanol–water partition coefficient (Wildman–Crippen LogP) is 3.16. The summed E-state index contributed by atoms with van der Waals surface area (Å²) in [7, 11) is 0. The molecule has 1 amide bonds. The second-order valence-electron chi connectivity index (χ2n) is 7.56. The van der Waals surface area contributed by atoms with E-state index in [4.69, 9.17) is 9.47 Å². The van der Waals surface area contributed by atoms with E-state index >= 15 is 0 Å². The highest BCUT2D eigenvalue weighted by molar-refractivity contribution is 5.94. The number of hydrogen-bond donors (Lipinski definition) is 0. The number of benzene rings is 1. The monoisotopic (exact) mass is 351 g/mol. The molecule has 0 radical (unpaired) electrons. The Balaban J connectivity index is 1.40. The Labute approximate surface area is 146 Å². The van der Waals surface area contributed by atoms with Crippen LogP contribution >= 0.6 is 0 Å². The lowest BCUT2D eigenvalue weighted by Crippen LogP contribution is -2.50. The third-order valence-corrected chi connectivity index (χ3v) is 5.43. The summed E-state index contributed by atoms with van der Waals surface area (Å²) in [5.41, 5.74) is -0.184. The maximum Gasteiger partial charge on any atom is 0.254 e. The molecule has 0 N–H and O–H groups in total. The SMILES string of the molecule is O=C(c1ccc(F)c(F)c1)N1CCC[C@]2(C[C@H](OCC3CC3)CO2)C1. The fourth-order valence-electron chi connectivity index (χ4n) is 3.83. The van der Waals surface area contributed by atoms with Crippen LogP contribution in [0.25, 0.3) is 0 Å². The molecule has 1 saturated carbocycles. The second-order valence-corrected chi connectivity index (χ2v) is 7.56. The van der Waals surface area contributed by atoms with Gasteiger partial charge >= 0.3 is 0 Å². The largest absolute Gasteiger partial charge is 0.375 e. The van der Waals surface area contributed by atoms with Gasteiger partial charge in [-0.1, -0.05) is 0 Å². The van der Waals surface area contributed by atoms with Crippen LogP contribution in [0.3, 0.4) is 0 Å². The summed E-state index contributed by atoms with van der Waals surface area (Å²) in [6.07, 6.45) is 5.15. The van der Waals surface area contributed by atoms with Gasteiger partial charge in [0.25, 0.3) is 5.91 Å². The summed E-state index contributed by atoms with van der Waals surface area (Å²) >= 11 is 0. The van der Waals surface area contributed by atoms with Crippen LogP contribution in [0.2, 0.25) is 0 Å². The van der Waals surface area contributed by atoms with Crippen molar-refractivity contribution in [2.45, 2.75) is 43.8 Å². The van der Waals surface area contributed by atoms with Crippen LogP contribution in [-0.4, -0.2) is 48.8 Å². The van der Waals surface area contributed by atoms with E-state index < -0.39 is 11.6 Å². The first kappa shape index (κ1) is 16.9. The first-order valence-corrected chi connectivity index (χ1v) is 9.05. The van der Waals surface area contributed by atoms with Crippen LogP contribution in [0.5, 0.6) is 0 Å². The minimum absolute atomic E-state index is 0.0962. The van der Waals surface area contributed by atoms with E-state index in [9.17, 15) is 13.6 Å². The molecule has 1 aromatic carbocycles.